The molecule has 0 amide bonds. The van der Waals surface area contributed by atoms with Crippen LogP contribution in [0.1, 0.15) is 58.3 Å². The molecule has 1 unspecified atom stereocenters. The first kappa shape index (κ1) is 13.5. The van der Waals surface area contributed by atoms with Gasteiger partial charge in [0.1, 0.15) is 0 Å². The lowest BCUT2D eigenvalue weighted by Gasteiger charge is -2.33. The minimum absolute atomic E-state index is 0.209. The van der Waals surface area contributed by atoms with E-state index < -0.39 is 5.97 Å². The fourth-order valence-electron chi connectivity index (χ4n) is 2.74. The summed E-state index contributed by atoms with van der Waals surface area (Å²) in [5.41, 5.74) is 0. The van der Waals surface area contributed by atoms with E-state index in [1.165, 1.54) is 38.5 Å². The molecule has 16 heavy (non-hydrogen) atoms. The third-order valence-corrected chi connectivity index (χ3v) is 3.86. The van der Waals surface area contributed by atoms with E-state index in [2.05, 4.69) is 18.9 Å². The minimum atomic E-state index is -0.674. The van der Waals surface area contributed by atoms with E-state index in [0.29, 0.717) is 6.04 Å². The van der Waals surface area contributed by atoms with E-state index in [1.54, 1.807) is 0 Å². The van der Waals surface area contributed by atoms with Crippen molar-refractivity contribution < 1.29 is 9.90 Å². The topological polar surface area (TPSA) is 40.5 Å². The molecule has 0 aromatic carbocycles. The Hall–Kier alpha value is -0.570. The van der Waals surface area contributed by atoms with Gasteiger partial charge in [0, 0.05) is 12.1 Å². The Morgan fingerprint density at radius 3 is 2.31 bits per heavy atom. The first-order chi connectivity index (χ1) is 7.65. The molecule has 1 atom stereocenters. The first-order valence-electron chi connectivity index (χ1n) is 6.58. The van der Waals surface area contributed by atoms with Gasteiger partial charge in [0.25, 0.3) is 0 Å². The van der Waals surface area contributed by atoms with Gasteiger partial charge in [-0.25, -0.2) is 0 Å². The standard InChI is InChI=1S/C13H25NO2/c1-3-11(10-13(15)16)14(2)12-8-6-4-5-7-9-12/h11-12H,3-10H2,1-2H3,(H,15,16). The van der Waals surface area contributed by atoms with Crippen LogP contribution in [0.5, 0.6) is 0 Å². The van der Waals surface area contributed by atoms with Crippen LogP contribution >= 0.6 is 0 Å². The Morgan fingerprint density at radius 1 is 1.31 bits per heavy atom. The van der Waals surface area contributed by atoms with Crippen LogP contribution in [-0.4, -0.2) is 35.1 Å². The van der Waals surface area contributed by atoms with Gasteiger partial charge < -0.3 is 5.11 Å². The molecule has 0 heterocycles. The zero-order chi connectivity index (χ0) is 12.0. The fraction of sp³-hybridized carbons (Fsp3) is 0.923. The maximum absolute atomic E-state index is 10.8. The third kappa shape index (κ3) is 4.12. The molecular weight excluding hydrogens is 202 g/mol. The average Bonchev–Trinajstić information content (AvgIpc) is 2.53. The summed E-state index contributed by atoms with van der Waals surface area (Å²) in [6, 6.07) is 0.812. The summed E-state index contributed by atoms with van der Waals surface area (Å²) in [6.07, 6.45) is 9.00. The molecule has 0 aromatic heterocycles. The van der Waals surface area contributed by atoms with Crippen LogP contribution in [0.4, 0.5) is 0 Å². The van der Waals surface area contributed by atoms with Gasteiger partial charge in [-0.05, 0) is 26.3 Å². The van der Waals surface area contributed by atoms with Crippen molar-refractivity contribution in [3.63, 3.8) is 0 Å². The summed E-state index contributed by atoms with van der Waals surface area (Å²) in [6.45, 7) is 2.08. The zero-order valence-electron chi connectivity index (χ0n) is 10.6. The van der Waals surface area contributed by atoms with Crippen molar-refractivity contribution >= 4 is 5.97 Å². The Labute approximate surface area is 98.8 Å². The highest BCUT2D eigenvalue weighted by Gasteiger charge is 2.24. The van der Waals surface area contributed by atoms with E-state index in [-0.39, 0.29) is 12.5 Å². The Kier molecular flexibility index (Phi) is 5.81. The summed E-state index contributed by atoms with van der Waals surface area (Å²) in [5.74, 6) is -0.674. The molecule has 0 aromatic rings. The normalized spacial score (nSPS) is 20.7. The van der Waals surface area contributed by atoms with Crippen LogP contribution < -0.4 is 0 Å². The van der Waals surface area contributed by atoms with Crippen molar-refractivity contribution in [2.75, 3.05) is 7.05 Å². The van der Waals surface area contributed by atoms with Crippen LogP contribution in [0, 0.1) is 0 Å². The van der Waals surface area contributed by atoms with E-state index in [0.717, 1.165) is 6.42 Å². The van der Waals surface area contributed by atoms with Gasteiger partial charge in [-0.2, -0.15) is 0 Å². The van der Waals surface area contributed by atoms with Crippen molar-refractivity contribution in [3.05, 3.63) is 0 Å². The molecule has 3 heteroatoms. The summed E-state index contributed by atoms with van der Waals surface area (Å²) in [5, 5.41) is 8.89. The molecule has 1 rings (SSSR count). The molecule has 1 aliphatic carbocycles. The summed E-state index contributed by atoms with van der Waals surface area (Å²) in [7, 11) is 2.10. The molecule has 1 N–H and O–H groups in total. The predicted octanol–water partition coefficient (Wildman–Crippen LogP) is 2.89. The van der Waals surface area contributed by atoms with Gasteiger partial charge in [0.2, 0.25) is 0 Å². The highest BCUT2D eigenvalue weighted by molar-refractivity contribution is 5.67. The summed E-state index contributed by atoms with van der Waals surface area (Å²) < 4.78 is 0. The summed E-state index contributed by atoms with van der Waals surface area (Å²) in [4.78, 5) is 13.1. The third-order valence-electron chi connectivity index (χ3n) is 3.86. The number of hydrogen-bond acceptors (Lipinski definition) is 2. The fourth-order valence-corrected chi connectivity index (χ4v) is 2.74. The Balaban J connectivity index is 2.50. The number of hydrogen-bond donors (Lipinski definition) is 1. The highest BCUT2D eigenvalue weighted by Crippen LogP contribution is 2.23. The SMILES string of the molecule is CCC(CC(=O)O)N(C)C1CCCCCC1. The lowest BCUT2D eigenvalue weighted by atomic mass is 10.0. The maximum atomic E-state index is 10.8. The second-order valence-corrected chi connectivity index (χ2v) is 4.97. The van der Waals surface area contributed by atoms with Crippen LogP contribution in [0.15, 0.2) is 0 Å². The molecule has 3 nitrogen and oxygen atoms in total. The molecule has 0 saturated heterocycles. The second kappa shape index (κ2) is 6.89. The van der Waals surface area contributed by atoms with E-state index in [1.807, 2.05) is 0 Å². The van der Waals surface area contributed by atoms with Gasteiger partial charge in [0.05, 0.1) is 6.42 Å². The van der Waals surface area contributed by atoms with Crippen LogP contribution in [-0.2, 0) is 4.79 Å². The molecular formula is C13H25NO2. The number of carboxylic acid groups (broad SMARTS) is 1. The van der Waals surface area contributed by atoms with Crippen LogP contribution in [0.3, 0.4) is 0 Å². The molecule has 0 radical (unpaired) electrons. The van der Waals surface area contributed by atoms with Gasteiger partial charge in [-0.3, -0.25) is 9.69 Å². The molecule has 0 bridgehead atoms. The predicted molar refractivity (Wildman–Crippen MR) is 65.6 cm³/mol. The number of carboxylic acids is 1. The highest BCUT2D eigenvalue weighted by atomic mass is 16.4. The van der Waals surface area contributed by atoms with Crippen molar-refractivity contribution in [3.8, 4) is 0 Å². The minimum Gasteiger partial charge on any atom is -0.481 e. The van der Waals surface area contributed by atoms with Crippen LogP contribution in [0.25, 0.3) is 0 Å². The van der Waals surface area contributed by atoms with Gasteiger partial charge in [0.15, 0.2) is 0 Å². The molecule has 0 spiro atoms. The van der Waals surface area contributed by atoms with Gasteiger partial charge in [-0.15, -0.1) is 0 Å². The lowest BCUT2D eigenvalue weighted by Crippen LogP contribution is -2.40. The number of carbonyl (C=O) groups is 1. The maximum Gasteiger partial charge on any atom is 0.304 e. The van der Waals surface area contributed by atoms with Crippen molar-refractivity contribution in [2.24, 2.45) is 0 Å². The largest absolute Gasteiger partial charge is 0.481 e. The average molecular weight is 227 g/mol. The van der Waals surface area contributed by atoms with Gasteiger partial charge >= 0.3 is 5.97 Å². The Bertz CT molecular complexity index is 210. The van der Waals surface area contributed by atoms with Gasteiger partial charge in [-0.1, -0.05) is 32.6 Å². The smallest absolute Gasteiger partial charge is 0.304 e. The number of nitrogens with zero attached hydrogens (tertiary/aromatic N) is 1. The zero-order valence-corrected chi connectivity index (χ0v) is 10.6. The number of rotatable bonds is 5. The molecule has 1 fully saturated rings. The Morgan fingerprint density at radius 2 is 1.88 bits per heavy atom. The van der Waals surface area contributed by atoms with E-state index in [4.69, 9.17) is 5.11 Å². The first-order valence-corrected chi connectivity index (χ1v) is 6.58. The van der Waals surface area contributed by atoms with E-state index in [9.17, 15) is 4.79 Å². The molecule has 94 valence electrons. The van der Waals surface area contributed by atoms with E-state index >= 15 is 0 Å². The molecule has 1 aliphatic rings. The molecule has 0 aliphatic heterocycles. The molecule has 1 saturated carbocycles. The monoisotopic (exact) mass is 227 g/mol. The van der Waals surface area contributed by atoms with Crippen molar-refractivity contribution in [1.29, 1.82) is 0 Å². The number of aliphatic carboxylic acids is 1. The lowest BCUT2D eigenvalue weighted by molar-refractivity contribution is -0.138. The quantitative estimate of drug-likeness (QED) is 0.734. The van der Waals surface area contributed by atoms with Crippen molar-refractivity contribution in [1.82, 2.24) is 4.90 Å². The van der Waals surface area contributed by atoms with Crippen molar-refractivity contribution in [2.45, 2.75) is 70.4 Å². The summed E-state index contributed by atoms with van der Waals surface area (Å²) >= 11 is 0. The second-order valence-electron chi connectivity index (χ2n) is 4.97. The van der Waals surface area contributed by atoms with Crippen LogP contribution in [0.2, 0.25) is 0 Å².